The van der Waals surface area contributed by atoms with Gasteiger partial charge in [0.05, 0.1) is 11.9 Å². The van der Waals surface area contributed by atoms with Gasteiger partial charge in [0.15, 0.2) is 0 Å². The van der Waals surface area contributed by atoms with E-state index in [4.69, 9.17) is 0 Å². The van der Waals surface area contributed by atoms with Crippen LogP contribution in [-0.2, 0) is 32.6 Å². The smallest absolute Gasteiger partial charge is 0.243 e. The summed E-state index contributed by atoms with van der Waals surface area (Å²) < 4.78 is 40.4. The molecule has 9 heteroatoms. The van der Waals surface area contributed by atoms with Gasteiger partial charge in [0.25, 0.3) is 0 Å². The fraction of sp³-hybridized carbons (Fsp3) is 0.355. The maximum atomic E-state index is 14.4. The largest absolute Gasteiger partial charge is 0.354 e. The zero-order valence-corrected chi connectivity index (χ0v) is 24.2. The predicted molar refractivity (Wildman–Crippen MR) is 157 cm³/mol. The number of hydrogen-bond donors (Lipinski definition) is 1. The van der Waals surface area contributed by atoms with Crippen molar-refractivity contribution in [2.24, 2.45) is 0 Å². The van der Waals surface area contributed by atoms with E-state index >= 15 is 0 Å². The molecule has 0 spiro atoms. The van der Waals surface area contributed by atoms with E-state index in [0.717, 1.165) is 33.7 Å². The molecule has 3 aromatic carbocycles. The van der Waals surface area contributed by atoms with Crippen molar-refractivity contribution in [1.82, 2.24) is 10.2 Å². The monoisotopic (exact) mass is 567 g/mol. The number of carbonyl (C=O) groups excluding carboxylic acids is 2. The van der Waals surface area contributed by atoms with Crippen molar-refractivity contribution < 1.29 is 22.4 Å². The van der Waals surface area contributed by atoms with Crippen molar-refractivity contribution in [2.75, 3.05) is 23.7 Å². The van der Waals surface area contributed by atoms with E-state index in [1.165, 1.54) is 18.2 Å². The van der Waals surface area contributed by atoms with Gasteiger partial charge in [-0.05, 0) is 48.6 Å². The molecule has 7 nitrogen and oxygen atoms in total. The highest BCUT2D eigenvalue weighted by Gasteiger charge is 2.30. The highest BCUT2D eigenvalue weighted by atomic mass is 32.2. The average Bonchev–Trinajstić information content (AvgIpc) is 2.93. The van der Waals surface area contributed by atoms with Crippen LogP contribution in [0.1, 0.15) is 42.9 Å². The number of hydrogen-bond acceptors (Lipinski definition) is 4. The van der Waals surface area contributed by atoms with Crippen LogP contribution >= 0.6 is 0 Å². The molecule has 0 aliphatic rings. The van der Waals surface area contributed by atoms with Crippen molar-refractivity contribution in [3.05, 3.63) is 101 Å². The van der Waals surface area contributed by atoms with Crippen molar-refractivity contribution in [3.8, 4) is 0 Å². The van der Waals surface area contributed by atoms with E-state index in [0.29, 0.717) is 13.0 Å². The van der Waals surface area contributed by atoms with E-state index in [9.17, 15) is 22.4 Å². The zero-order chi connectivity index (χ0) is 29.1. The predicted octanol–water partition coefficient (Wildman–Crippen LogP) is 4.85. The molecule has 214 valence electrons. The molecule has 3 aromatic rings. The number of rotatable bonds is 14. The first-order valence-corrected chi connectivity index (χ1v) is 15.3. The number of halogens is 1. The molecule has 0 fully saturated rings. The van der Waals surface area contributed by atoms with Gasteiger partial charge in [-0.15, -0.1) is 0 Å². The lowest BCUT2D eigenvalue weighted by atomic mass is 10.0. The Kier molecular flexibility index (Phi) is 11.3. The van der Waals surface area contributed by atoms with Crippen LogP contribution in [-0.4, -0.2) is 50.5 Å². The van der Waals surface area contributed by atoms with Crippen LogP contribution < -0.4 is 9.62 Å². The third-order valence-electron chi connectivity index (χ3n) is 6.70. The summed E-state index contributed by atoms with van der Waals surface area (Å²) >= 11 is 0. The SMILES string of the molecule is CCCNC(=O)[C@H](Cc1ccccc1)N(Cc1ccccc1C)C(=O)CCCN(c1ccccc1F)S(C)(=O)=O. The molecule has 0 radical (unpaired) electrons. The van der Waals surface area contributed by atoms with Crippen LogP contribution in [0.15, 0.2) is 78.9 Å². The zero-order valence-electron chi connectivity index (χ0n) is 23.3. The summed E-state index contributed by atoms with van der Waals surface area (Å²) in [5, 5.41) is 2.95. The Morgan fingerprint density at radius 3 is 2.25 bits per heavy atom. The Bertz CT molecular complexity index is 1380. The third kappa shape index (κ3) is 8.64. The summed E-state index contributed by atoms with van der Waals surface area (Å²) in [5.41, 5.74) is 2.77. The summed E-state index contributed by atoms with van der Waals surface area (Å²) in [6.45, 7) is 4.56. The van der Waals surface area contributed by atoms with Gasteiger partial charge >= 0.3 is 0 Å². The second-order valence-corrected chi connectivity index (χ2v) is 11.7. The van der Waals surface area contributed by atoms with E-state index < -0.39 is 21.9 Å². The summed E-state index contributed by atoms with van der Waals surface area (Å²) in [6.07, 6.45) is 2.24. The highest BCUT2D eigenvalue weighted by molar-refractivity contribution is 7.92. The molecule has 0 heterocycles. The molecule has 40 heavy (non-hydrogen) atoms. The van der Waals surface area contributed by atoms with Crippen LogP contribution in [0.25, 0.3) is 0 Å². The van der Waals surface area contributed by atoms with Gasteiger partial charge in [0.1, 0.15) is 11.9 Å². The fourth-order valence-electron chi connectivity index (χ4n) is 4.53. The first-order valence-electron chi connectivity index (χ1n) is 13.5. The topological polar surface area (TPSA) is 86.8 Å². The van der Waals surface area contributed by atoms with Crippen molar-refractivity contribution in [2.45, 2.75) is 52.1 Å². The summed E-state index contributed by atoms with van der Waals surface area (Å²) in [7, 11) is -3.79. The van der Waals surface area contributed by atoms with Crippen LogP contribution in [0.4, 0.5) is 10.1 Å². The van der Waals surface area contributed by atoms with Gasteiger partial charge in [-0.3, -0.25) is 13.9 Å². The van der Waals surface area contributed by atoms with Crippen molar-refractivity contribution >= 4 is 27.5 Å². The van der Waals surface area contributed by atoms with Crippen LogP contribution in [0.3, 0.4) is 0 Å². The van der Waals surface area contributed by atoms with Crippen molar-refractivity contribution in [1.29, 1.82) is 0 Å². The molecule has 0 aromatic heterocycles. The molecule has 2 amide bonds. The van der Waals surface area contributed by atoms with Gasteiger partial charge in [-0.2, -0.15) is 0 Å². The van der Waals surface area contributed by atoms with E-state index in [2.05, 4.69) is 5.32 Å². The molecular weight excluding hydrogens is 529 g/mol. The van der Waals surface area contributed by atoms with Crippen LogP contribution in [0.2, 0.25) is 0 Å². The Balaban J connectivity index is 1.89. The molecule has 0 unspecified atom stereocenters. The Labute approximate surface area is 237 Å². The summed E-state index contributed by atoms with van der Waals surface area (Å²) in [4.78, 5) is 28.8. The highest BCUT2D eigenvalue weighted by Crippen LogP contribution is 2.23. The molecule has 0 saturated heterocycles. The van der Waals surface area contributed by atoms with Gasteiger partial charge in [0.2, 0.25) is 21.8 Å². The second kappa shape index (κ2) is 14.6. The number of amides is 2. The van der Waals surface area contributed by atoms with E-state index in [1.54, 1.807) is 11.0 Å². The number of benzene rings is 3. The second-order valence-electron chi connectivity index (χ2n) is 9.83. The molecule has 0 aliphatic carbocycles. The Hall–Kier alpha value is -3.72. The number of sulfonamides is 1. The Morgan fingerprint density at radius 2 is 1.60 bits per heavy atom. The lowest BCUT2D eigenvalue weighted by Crippen LogP contribution is -2.50. The maximum Gasteiger partial charge on any atom is 0.243 e. The number of aryl methyl sites for hydroxylation is 1. The lowest BCUT2D eigenvalue weighted by molar-refractivity contribution is -0.141. The maximum absolute atomic E-state index is 14.4. The number of carbonyl (C=O) groups is 2. The third-order valence-corrected chi connectivity index (χ3v) is 7.88. The van der Waals surface area contributed by atoms with Crippen LogP contribution in [0, 0.1) is 12.7 Å². The van der Waals surface area contributed by atoms with Gasteiger partial charge < -0.3 is 10.2 Å². The van der Waals surface area contributed by atoms with E-state index in [-0.39, 0.29) is 43.4 Å². The molecule has 0 saturated carbocycles. The minimum absolute atomic E-state index is 0.0152. The first-order chi connectivity index (χ1) is 19.1. The fourth-order valence-corrected chi connectivity index (χ4v) is 5.49. The molecule has 3 rings (SSSR count). The summed E-state index contributed by atoms with van der Waals surface area (Å²) in [6, 6.07) is 22.1. The van der Waals surface area contributed by atoms with Crippen LogP contribution in [0.5, 0.6) is 0 Å². The molecule has 0 aliphatic heterocycles. The number of para-hydroxylation sites is 1. The quantitative estimate of drug-likeness (QED) is 0.302. The minimum atomic E-state index is -3.79. The average molecular weight is 568 g/mol. The summed E-state index contributed by atoms with van der Waals surface area (Å²) in [5.74, 6) is -1.18. The van der Waals surface area contributed by atoms with Gasteiger partial charge in [0, 0.05) is 32.5 Å². The molecular formula is C31H38FN3O4S. The lowest BCUT2D eigenvalue weighted by Gasteiger charge is -2.32. The van der Waals surface area contributed by atoms with Crippen molar-refractivity contribution in [3.63, 3.8) is 0 Å². The number of nitrogens with one attached hydrogen (secondary N) is 1. The Morgan fingerprint density at radius 1 is 0.950 bits per heavy atom. The van der Waals surface area contributed by atoms with E-state index in [1.807, 2.05) is 68.4 Å². The normalized spacial score (nSPS) is 12.0. The molecule has 0 bridgehead atoms. The van der Waals surface area contributed by atoms with Gasteiger partial charge in [-0.1, -0.05) is 73.7 Å². The standard InChI is InChI=1S/C31H38FN3O4S/c1-4-20-33-31(37)29(22-25-14-6-5-7-15-25)34(23-26-16-9-8-13-24(26)2)30(36)19-12-21-35(40(3,38)39)28-18-11-10-17-27(28)32/h5-11,13-18,29H,4,12,19-23H2,1-3H3,(H,33,37)/t29-/m0/s1. The minimum Gasteiger partial charge on any atom is -0.354 e. The number of anilines is 1. The van der Waals surface area contributed by atoms with Gasteiger partial charge in [-0.25, -0.2) is 12.8 Å². The first kappa shape index (κ1) is 30.8. The molecule has 1 N–H and O–H groups in total. The number of nitrogens with zero attached hydrogens (tertiary/aromatic N) is 2. The molecule has 1 atom stereocenters.